The zero-order valence-corrected chi connectivity index (χ0v) is 18.6. The van der Waals surface area contributed by atoms with Gasteiger partial charge < -0.3 is 10.6 Å². The van der Waals surface area contributed by atoms with Crippen LogP contribution in [0.4, 0.5) is 10.5 Å². The van der Waals surface area contributed by atoms with E-state index in [9.17, 15) is 22.8 Å². The molecular formula is C21H29N3O5S. The van der Waals surface area contributed by atoms with Gasteiger partial charge in [0.1, 0.15) is 12.1 Å². The lowest BCUT2D eigenvalue weighted by Crippen LogP contribution is -2.54. The van der Waals surface area contributed by atoms with Crippen LogP contribution in [0.5, 0.6) is 0 Å². The van der Waals surface area contributed by atoms with Gasteiger partial charge in [0.15, 0.2) is 9.84 Å². The van der Waals surface area contributed by atoms with Gasteiger partial charge in [-0.25, -0.2) is 13.2 Å². The summed E-state index contributed by atoms with van der Waals surface area (Å²) in [7, 11) is -3.33. The van der Waals surface area contributed by atoms with Crippen LogP contribution < -0.4 is 10.6 Å². The Morgan fingerprint density at radius 1 is 1.20 bits per heavy atom. The molecule has 2 unspecified atom stereocenters. The molecule has 9 heteroatoms. The van der Waals surface area contributed by atoms with Crippen LogP contribution in [0.1, 0.15) is 47.0 Å². The minimum Gasteiger partial charge on any atom is -0.325 e. The fraction of sp³-hybridized carbons (Fsp3) is 0.571. The van der Waals surface area contributed by atoms with Crippen molar-refractivity contribution in [1.29, 1.82) is 0 Å². The first kappa shape index (κ1) is 22.3. The van der Waals surface area contributed by atoms with E-state index in [1.165, 1.54) is 24.3 Å². The summed E-state index contributed by atoms with van der Waals surface area (Å²) < 4.78 is 23.8. The van der Waals surface area contributed by atoms with Gasteiger partial charge in [0.25, 0.3) is 5.91 Å². The summed E-state index contributed by atoms with van der Waals surface area (Å²) in [6.45, 7) is 7.41. The number of anilines is 1. The number of sulfone groups is 1. The summed E-state index contributed by atoms with van der Waals surface area (Å²) in [6, 6.07) is 5.26. The van der Waals surface area contributed by atoms with Crippen molar-refractivity contribution in [3.8, 4) is 0 Å². The molecule has 1 aliphatic heterocycles. The predicted molar refractivity (Wildman–Crippen MR) is 113 cm³/mol. The average Bonchev–Trinajstić information content (AvgIpc) is 2.83. The number of benzene rings is 1. The molecule has 30 heavy (non-hydrogen) atoms. The second-order valence-corrected chi connectivity index (χ2v) is 11.5. The van der Waals surface area contributed by atoms with Crippen molar-refractivity contribution in [2.75, 3.05) is 17.6 Å². The third-order valence-corrected chi connectivity index (χ3v) is 7.55. The topological polar surface area (TPSA) is 113 Å². The van der Waals surface area contributed by atoms with Crippen molar-refractivity contribution in [2.45, 2.75) is 57.4 Å². The Labute approximate surface area is 177 Å². The van der Waals surface area contributed by atoms with E-state index in [2.05, 4.69) is 31.4 Å². The fourth-order valence-corrected chi connectivity index (χ4v) is 5.79. The van der Waals surface area contributed by atoms with Crippen LogP contribution in [0.15, 0.2) is 29.2 Å². The minimum absolute atomic E-state index is 0.0118. The highest BCUT2D eigenvalue weighted by molar-refractivity contribution is 7.91. The van der Waals surface area contributed by atoms with Crippen molar-refractivity contribution >= 4 is 33.4 Å². The lowest BCUT2D eigenvalue weighted by atomic mass is 9.64. The molecule has 1 spiro atoms. The monoisotopic (exact) mass is 435 g/mol. The van der Waals surface area contributed by atoms with Crippen LogP contribution in [-0.2, 0) is 19.4 Å². The molecule has 8 nitrogen and oxygen atoms in total. The van der Waals surface area contributed by atoms with Crippen LogP contribution >= 0.6 is 0 Å². The number of nitrogens with zero attached hydrogens (tertiary/aromatic N) is 1. The normalized spacial score (nSPS) is 26.0. The molecule has 0 aromatic heterocycles. The zero-order valence-electron chi connectivity index (χ0n) is 17.8. The molecule has 2 aliphatic rings. The predicted octanol–water partition coefficient (Wildman–Crippen LogP) is 2.56. The standard InChI is InChI=1S/C21H29N3O5S/c1-5-30(28,29)16-8-6-15(7-9-16)22-17(25)12-24-18(26)21(23-19(24)27)11-14(2)10-20(3,4)13-21/h6-9,14H,5,10-13H2,1-4H3,(H,22,25)(H,23,27). The smallest absolute Gasteiger partial charge is 0.325 e. The van der Waals surface area contributed by atoms with E-state index in [0.717, 1.165) is 11.3 Å². The van der Waals surface area contributed by atoms with Crippen molar-refractivity contribution in [3.63, 3.8) is 0 Å². The Bertz CT molecular complexity index is 971. The summed E-state index contributed by atoms with van der Waals surface area (Å²) in [5.41, 5.74) is -0.641. The van der Waals surface area contributed by atoms with Crippen LogP contribution in [0.3, 0.4) is 0 Å². The number of rotatable bonds is 5. The maximum absolute atomic E-state index is 13.1. The molecule has 3 rings (SSSR count). The number of hydrogen-bond donors (Lipinski definition) is 2. The maximum Gasteiger partial charge on any atom is 0.325 e. The Kier molecular flexibility index (Phi) is 5.70. The van der Waals surface area contributed by atoms with E-state index >= 15 is 0 Å². The van der Waals surface area contributed by atoms with Crippen LogP contribution in [0.2, 0.25) is 0 Å². The fourth-order valence-electron chi connectivity index (χ4n) is 4.91. The molecule has 0 bridgehead atoms. The van der Waals surface area contributed by atoms with E-state index in [0.29, 0.717) is 18.5 Å². The summed E-state index contributed by atoms with van der Waals surface area (Å²) in [5, 5.41) is 5.46. The number of imide groups is 1. The van der Waals surface area contributed by atoms with Crippen molar-refractivity contribution in [1.82, 2.24) is 10.2 Å². The molecule has 4 amide bonds. The Balaban J connectivity index is 1.68. The van der Waals surface area contributed by atoms with Gasteiger partial charge in [-0.15, -0.1) is 0 Å². The Hall–Kier alpha value is -2.42. The van der Waals surface area contributed by atoms with Gasteiger partial charge in [0.05, 0.1) is 10.6 Å². The SMILES string of the molecule is CCS(=O)(=O)c1ccc(NC(=O)CN2C(=O)NC3(CC(C)CC(C)(C)C3)C2=O)cc1. The molecule has 164 valence electrons. The summed E-state index contributed by atoms with van der Waals surface area (Å²) in [5.74, 6) is -0.608. The van der Waals surface area contributed by atoms with Gasteiger partial charge in [-0.05, 0) is 54.9 Å². The number of carbonyl (C=O) groups excluding carboxylic acids is 3. The number of urea groups is 1. The summed E-state index contributed by atoms with van der Waals surface area (Å²) >= 11 is 0. The summed E-state index contributed by atoms with van der Waals surface area (Å²) in [6.07, 6.45) is 2.08. The average molecular weight is 436 g/mol. The van der Waals surface area contributed by atoms with E-state index < -0.39 is 33.9 Å². The van der Waals surface area contributed by atoms with Gasteiger partial charge in [-0.1, -0.05) is 27.7 Å². The minimum atomic E-state index is -3.33. The van der Waals surface area contributed by atoms with Crippen molar-refractivity contribution in [3.05, 3.63) is 24.3 Å². The van der Waals surface area contributed by atoms with Gasteiger partial charge >= 0.3 is 6.03 Å². The first-order chi connectivity index (χ1) is 13.9. The molecule has 1 saturated carbocycles. The van der Waals surface area contributed by atoms with Crippen LogP contribution in [-0.4, -0.2) is 49.0 Å². The van der Waals surface area contributed by atoms with E-state index in [1.807, 2.05) is 0 Å². The zero-order chi connectivity index (χ0) is 22.3. The summed E-state index contributed by atoms with van der Waals surface area (Å²) in [4.78, 5) is 39.2. The molecule has 1 aromatic carbocycles. The highest BCUT2D eigenvalue weighted by Gasteiger charge is 2.56. The molecule has 1 heterocycles. The second kappa shape index (κ2) is 7.68. The number of hydrogen-bond acceptors (Lipinski definition) is 5. The first-order valence-corrected chi connectivity index (χ1v) is 11.8. The highest BCUT2D eigenvalue weighted by Crippen LogP contribution is 2.46. The molecule has 1 aliphatic carbocycles. The quantitative estimate of drug-likeness (QED) is 0.690. The Morgan fingerprint density at radius 2 is 1.83 bits per heavy atom. The molecule has 2 fully saturated rings. The van der Waals surface area contributed by atoms with E-state index in [-0.39, 0.29) is 27.9 Å². The number of nitrogens with one attached hydrogen (secondary N) is 2. The number of amides is 4. The van der Waals surface area contributed by atoms with Crippen LogP contribution in [0, 0.1) is 11.3 Å². The highest BCUT2D eigenvalue weighted by atomic mass is 32.2. The van der Waals surface area contributed by atoms with Crippen LogP contribution in [0.25, 0.3) is 0 Å². The molecule has 0 radical (unpaired) electrons. The maximum atomic E-state index is 13.1. The van der Waals surface area contributed by atoms with Crippen molar-refractivity contribution in [2.24, 2.45) is 11.3 Å². The third kappa shape index (κ3) is 4.35. The molecular weight excluding hydrogens is 406 g/mol. The molecule has 2 N–H and O–H groups in total. The van der Waals surface area contributed by atoms with E-state index in [1.54, 1.807) is 6.92 Å². The van der Waals surface area contributed by atoms with Gasteiger partial charge in [-0.3, -0.25) is 14.5 Å². The Morgan fingerprint density at radius 3 is 2.40 bits per heavy atom. The number of carbonyl (C=O) groups is 3. The molecule has 1 aromatic rings. The third-order valence-electron chi connectivity index (χ3n) is 5.80. The van der Waals surface area contributed by atoms with Crippen molar-refractivity contribution < 1.29 is 22.8 Å². The lowest BCUT2D eigenvalue weighted by molar-refractivity contribution is -0.136. The van der Waals surface area contributed by atoms with Gasteiger partial charge in [0, 0.05) is 5.69 Å². The largest absolute Gasteiger partial charge is 0.325 e. The lowest BCUT2D eigenvalue weighted by Gasteiger charge is -2.43. The first-order valence-electron chi connectivity index (χ1n) is 10.1. The molecule has 1 saturated heterocycles. The van der Waals surface area contributed by atoms with Gasteiger partial charge in [0.2, 0.25) is 5.91 Å². The molecule has 2 atom stereocenters. The van der Waals surface area contributed by atoms with E-state index in [4.69, 9.17) is 0 Å². The second-order valence-electron chi connectivity index (χ2n) is 9.23. The van der Waals surface area contributed by atoms with Gasteiger partial charge in [-0.2, -0.15) is 0 Å².